The largest absolute Gasteiger partial charge is 0.392 e. The van der Waals surface area contributed by atoms with Crippen LogP contribution in [0.4, 0.5) is 0 Å². The first-order valence-corrected chi connectivity index (χ1v) is 8.36. The van der Waals surface area contributed by atoms with Crippen LogP contribution >= 0.6 is 39.5 Å². The minimum atomic E-state index is 0.0542. The van der Waals surface area contributed by atoms with Gasteiger partial charge in [0, 0.05) is 6.04 Å². The number of thiophene rings is 1. The molecule has 0 spiro atoms. The van der Waals surface area contributed by atoms with Gasteiger partial charge in [0.2, 0.25) is 0 Å². The van der Waals surface area contributed by atoms with Crippen LogP contribution in [0.25, 0.3) is 0 Å². The van der Waals surface area contributed by atoms with Crippen LogP contribution in [0.1, 0.15) is 40.9 Å². The van der Waals surface area contributed by atoms with Gasteiger partial charge in [-0.2, -0.15) is 0 Å². The highest BCUT2D eigenvalue weighted by Crippen LogP contribution is 2.30. The molecule has 2 rings (SSSR count). The molecule has 104 valence electrons. The Bertz CT molecular complexity index is 475. The lowest BCUT2D eigenvalue weighted by molar-refractivity contribution is 0.0719. The van der Waals surface area contributed by atoms with E-state index in [0.717, 1.165) is 27.1 Å². The Balaban J connectivity index is 2.21. The fraction of sp³-hybridized carbons (Fsp3) is 0.538. The monoisotopic (exact) mass is 360 g/mol. The topological polar surface area (TPSA) is 46.3 Å². The maximum Gasteiger partial charge on any atom is 0.264 e. The zero-order valence-electron chi connectivity index (χ0n) is 10.8. The zero-order valence-corrected chi connectivity index (χ0v) is 14.0. The summed E-state index contributed by atoms with van der Waals surface area (Å²) in [4.78, 5) is 15.6. The number of rotatable bonds is 4. The van der Waals surface area contributed by atoms with E-state index in [9.17, 15) is 4.79 Å². The van der Waals surface area contributed by atoms with E-state index in [4.69, 9.17) is 18.0 Å². The molecule has 1 saturated carbocycles. The molecule has 0 aromatic carbocycles. The van der Waals surface area contributed by atoms with Gasteiger partial charge in [-0.25, -0.2) is 0 Å². The van der Waals surface area contributed by atoms with Gasteiger partial charge in [-0.05, 0) is 47.3 Å². The quantitative estimate of drug-likeness (QED) is 0.835. The van der Waals surface area contributed by atoms with Gasteiger partial charge in [0.25, 0.3) is 5.91 Å². The van der Waals surface area contributed by atoms with Crippen LogP contribution in [0.5, 0.6) is 0 Å². The van der Waals surface area contributed by atoms with Crippen molar-refractivity contribution in [2.24, 2.45) is 5.73 Å². The van der Waals surface area contributed by atoms with E-state index in [-0.39, 0.29) is 11.9 Å². The first-order chi connectivity index (χ1) is 8.99. The summed E-state index contributed by atoms with van der Waals surface area (Å²) in [5.74, 6) is 0.0542. The molecule has 1 amide bonds. The fourth-order valence-corrected chi connectivity index (χ4v) is 4.09. The van der Waals surface area contributed by atoms with E-state index in [1.807, 2.05) is 17.9 Å². The number of thiocarbonyl (C=S) groups is 1. The van der Waals surface area contributed by atoms with E-state index >= 15 is 0 Å². The molecule has 1 aromatic heterocycles. The van der Waals surface area contributed by atoms with Crippen molar-refractivity contribution in [1.82, 2.24) is 4.90 Å². The van der Waals surface area contributed by atoms with Crippen molar-refractivity contribution in [2.75, 3.05) is 6.54 Å². The lowest BCUT2D eigenvalue weighted by Crippen LogP contribution is -2.43. The lowest BCUT2D eigenvalue weighted by atomic mass is 10.2. The van der Waals surface area contributed by atoms with Crippen LogP contribution in [-0.4, -0.2) is 28.4 Å². The number of halogens is 1. The van der Waals surface area contributed by atoms with Crippen molar-refractivity contribution >= 4 is 50.4 Å². The highest BCUT2D eigenvalue weighted by atomic mass is 79.9. The van der Waals surface area contributed by atoms with Crippen LogP contribution in [-0.2, 0) is 0 Å². The maximum absolute atomic E-state index is 12.6. The number of amides is 1. The molecule has 1 heterocycles. The predicted octanol–water partition coefficient (Wildman–Crippen LogP) is 3.49. The van der Waals surface area contributed by atoms with Gasteiger partial charge >= 0.3 is 0 Å². The Morgan fingerprint density at radius 1 is 1.58 bits per heavy atom. The number of nitrogens with zero attached hydrogens (tertiary/aromatic N) is 1. The second-order valence-electron chi connectivity index (χ2n) is 4.91. The summed E-state index contributed by atoms with van der Waals surface area (Å²) in [5, 5.41) is 0. The van der Waals surface area contributed by atoms with Crippen molar-refractivity contribution in [3.63, 3.8) is 0 Å². The molecule has 1 aliphatic rings. The Hall–Kier alpha value is -0.460. The number of carbonyl (C=O) groups is 1. The van der Waals surface area contributed by atoms with Gasteiger partial charge in [0.05, 0.1) is 20.2 Å². The number of hydrogen-bond donors (Lipinski definition) is 1. The van der Waals surface area contributed by atoms with Crippen LogP contribution in [0.3, 0.4) is 0 Å². The van der Waals surface area contributed by atoms with Gasteiger partial charge in [0.15, 0.2) is 0 Å². The lowest BCUT2D eigenvalue weighted by Gasteiger charge is -2.28. The van der Waals surface area contributed by atoms with Gasteiger partial charge in [-0.1, -0.05) is 25.1 Å². The average molecular weight is 361 g/mol. The Morgan fingerprint density at radius 2 is 2.21 bits per heavy atom. The molecule has 6 heteroatoms. The first kappa shape index (κ1) is 14.9. The molecule has 0 saturated heterocycles. The molecule has 19 heavy (non-hydrogen) atoms. The third-order valence-electron chi connectivity index (χ3n) is 3.42. The summed E-state index contributed by atoms with van der Waals surface area (Å²) in [6.07, 6.45) is 4.47. The fourth-order valence-electron chi connectivity index (χ4n) is 2.46. The molecular formula is C13H17BrN2OS2. The first-order valence-electron chi connectivity index (χ1n) is 6.34. The minimum Gasteiger partial charge on any atom is -0.392 e. The summed E-state index contributed by atoms with van der Waals surface area (Å²) in [7, 11) is 0. The maximum atomic E-state index is 12.6. The highest BCUT2D eigenvalue weighted by Gasteiger charge is 2.28. The normalized spacial score (nSPS) is 15.7. The van der Waals surface area contributed by atoms with E-state index < -0.39 is 0 Å². The average Bonchev–Trinajstić information content (AvgIpc) is 2.96. The van der Waals surface area contributed by atoms with Crippen molar-refractivity contribution in [1.29, 1.82) is 0 Å². The predicted molar refractivity (Wildman–Crippen MR) is 86.8 cm³/mol. The number of aryl methyl sites for hydroxylation is 1. The van der Waals surface area contributed by atoms with E-state index in [2.05, 4.69) is 15.9 Å². The third-order valence-corrected chi connectivity index (χ3v) is 5.67. The Morgan fingerprint density at radius 3 is 2.68 bits per heavy atom. The molecule has 0 bridgehead atoms. The summed E-state index contributed by atoms with van der Waals surface area (Å²) >= 11 is 9.93. The van der Waals surface area contributed by atoms with Gasteiger partial charge < -0.3 is 10.6 Å². The van der Waals surface area contributed by atoms with Gasteiger partial charge in [-0.15, -0.1) is 11.3 Å². The summed E-state index contributed by atoms with van der Waals surface area (Å²) in [5.41, 5.74) is 6.74. The van der Waals surface area contributed by atoms with Crippen molar-refractivity contribution in [2.45, 2.75) is 38.6 Å². The number of carbonyl (C=O) groups excluding carboxylic acids is 1. The second-order valence-corrected chi connectivity index (χ2v) is 7.80. The van der Waals surface area contributed by atoms with Crippen molar-refractivity contribution < 1.29 is 4.79 Å². The molecule has 3 nitrogen and oxygen atoms in total. The SMILES string of the molecule is Cc1cc(C(=O)N(CC(N)=S)C2CCCC2)sc1Br. The van der Waals surface area contributed by atoms with Crippen molar-refractivity contribution in [3.05, 3.63) is 20.3 Å². The molecule has 2 N–H and O–H groups in total. The third kappa shape index (κ3) is 3.55. The van der Waals surface area contributed by atoms with Crippen LogP contribution in [0, 0.1) is 6.92 Å². The molecule has 1 aliphatic carbocycles. The smallest absolute Gasteiger partial charge is 0.264 e. The standard InChI is InChI=1S/C13H17BrN2OS2/c1-8-6-10(19-12(8)14)13(17)16(7-11(15)18)9-4-2-3-5-9/h6,9H,2-5,7H2,1H3,(H2,15,18). The van der Waals surface area contributed by atoms with Crippen LogP contribution in [0.15, 0.2) is 9.85 Å². The molecule has 1 aromatic rings. The molecule has 1 fully saturated rings. The van der Waals surface area contributed by atoms with Crippen LogP contribution in [0.2, 0.25) is 0 Å². The second kappa shape index (κ2) is 6.33. The van der Waals surface area contributed by atoms with Crippen molar-refractivity contribution in [3.8, 4) is 0 Å². The van der Waals surface area contributed by atoms with E-state index in [1.165, 1.54) is 24.2 Å². The zero-order chi connectivity index (χ0) is 14.0. The number of hydrogen-bond acceptors (Lipinski definition) is 3. The summed E-state index contributed by atoms with van der Waals surface area (Å²) in [6.45, 7) is 2.37. The Kier molecular flexibility index (Phi) is 4.97. The molecular weight excluding hydrogens is 344 g/mol. The highest BCUT2D eigenvalue weighted by molar-refractivity contribution is 9.11. The molecule has 0 aliphatic heterocycles. The van der Waals surface area contributed by atoms with Crippen LogP contribution < -0.4 is 5.73 Å². The number of nitrogens with two attached hydrogens (primary N) is 1. The Labute approximate surface area is 131 Å². The molecule has 0 atom stereocenters. The van der Waals surface area contributed by atoms with Gasteiger partial charge in [0.1, 0.15) is 0 Å². The van der Waals surface area contributed by atoms with E-state index in [0.29, 0.717) is 11.5 Å². The molecule has 0 unspecified atom stereocenters. The molecule has 0 radical (unpaired) electrons. The van der Waals surface area contributed by atoms with Gasteiger partial charge in [-0.3, -0.25) is 4.79 Å². The van der Waals surface area contributed by atoms with E-state index in [1.54, 1.807) is 0 Å². The summed E-state index contributed by atoms with van der Waals surface area (Å²) < 4.78 is 1.01. The minimum absolute atomic E-state index is 0.0542. The summed E-state index contributed by atoms with van der Waals surface area (Å²) in [6, 6.07) is 2.22.